The Balaban J connectivity index is 1.52. The minimum atomic E-state index is -0.762. The Kier molecular flexibility index (Phi) is 5.30. The van der Waals surface area contributed by atoms with Crippen molar-refractivity contribution < 1.29 is 14.3 Å². The molecule has 168 valence electrons. The molecule has 0 fully saturated rings. The van der Waals surface area contributed by atoms with E-state index >= 15 is 0 Å². The fourth-order valence-corrected chi connectivity index (χ4v) is 4.33. The highest BCUT2D eigenvalue weighted by molar-refractivity contribution is 6.15. The van der Waals surface area contributed by atoms with Gasteiger partial charge in [0.2, 0.25) is 5.78 Å². The summed E-state index contributed by atoms with van der Waals surface area (Å²) in [6.45, 7) is -0.453. The molecule has 0 radical (unpaired) electrons. The molecule has 5 aromatic rings. The molecule has 7 heteroatoms. The van der Waals surface area contributed by atoms with Crippen LogP contribution in [-0.2, 0) is 18.8 Å². The third kappa shape index (κ3) is 3.47. The van der Waals surface area contributed by atoms with Gasteiger partial charge in [-0.1, -0.05) is 66.7 Å². The molecular formula is C27H21N3O4. The topological polar surface area (TPSA) is 83.2 Å². The van der Waals surface area contributed by atoms with E-state index in [1.807, 2.05) is 66.2 Å². The zero-order chi connectivity index (χ0) is 23.8. The number of Topliss-reactive ketones (excluding diaryl/α,β-unsaturated/α-hetero) is 1. The smallest absolute Gasteiger partial charge is 0.359 e. The minimum Gasteiger partial charge on any atom is -0.452 e. The number of rotatable bonds is 5. The molecule has 0 aliphatic carbocycles. The normalized spacial score (nSPS) is 11.1. The molecule has 7 nitrogen and oxygen atoms in total. The summed E-state index contributed by atoms with van der Waals surface area (Å²) in [4.78, 5) is 38.7. The van der Waals surface area contributed by atoms with Crippen molar-refractivity contribution in [2.75, 3.05) is 6.61 Å². The first-order valence-corrected chi connectivity index (χ1v) is 10.8. The van der Waals surface area contributed by atoms with Crippen LogP contribution in [0, 0.1) is 0 Å². The van der Waals surface area contributed by atoms with Crippen molar-refractivity contribution in [2.24, 2.45) is 14.1 Å². The maximum atomic E-state index is 13.4. The summed E-state index contributed by atoms with van der Waals surface area (Å²) >= 11 is 0. The fraction of sp³-hybridized carbons (Fsp3) is 0.111. The number of esters is 1. The number of carbonyl (C=O) groups is 2. The molecule has 5 rings (SSSR count). The van der Waals surface area contributed by atoms with Gasteiger partial charge in [-0.3, -0.25) is 9.59 Å². The minimum absolute atomic E-state index is 0.00768. The van der Waals surface area contributed by atoms with Crippen molar-refractivity contribution in [3.05, 3.63) is 100 Å². The molecule has 0 aliphatic rings. The number of carbonyl (C=O) groups excluding carboxylic acids is 2. The lowest BCUT2D eigenvalue weighted by atomic mass is 10.0. The average Bonchev–Trinajstić information content (AvgIpc) is 3.17. The van der Waals surface area contributed by atoms with Gasteiger partial charge in [0.25, 0.3) is 5.56 Å². The lowest BCUT2D eigenvalue weighted by Gasteiger charge is -2.10. The van der Waals surface area contributed by atoms with Gasteiger partial charge in [0.05, 0.1) is 16.6 Å². The molecule has 0 saturated heterocycles. The van der Waals surface area contributed by atoms with Gasteiger partial charge in [-0.15, -0.1) is 0 Å². The predicted molar refractivity (Wildman–Crippen MR) is 130 cm³/mol. The number of hydrogen-bond donors (Lipinski definition) is 0. The van der Waals surface area contributed by atoms with Crippen LogP contribution in [0.25, 0.3) is 32.9 Å². The van der Waals surface area contributed by atoms with Crippen LogP contribution in [0.15, 0.2) is 83.7 Å². The highest BCUT2D eigenvalue weighted by Crippen LogP contribution is 2.33. The van der Waals surface area contributed by atoms with Gasteiger partial charge in [0.15, 0.2) is 12.3 Å². The number of benzene rings is 3. The van der Waals surface area contributed by atoms with Crippen molar-refractivity contribution in [2.45, 2.75) is 0 Å². The van der Waals surface area contributed by atoms with E-state index in [-0.39, 0.29) is 17.0 Å². The quantitative estimate of drug-likeness (QED) is 0.296. The summed E-state index contributed by atoms with van der Waals surface area (Å²) in [7, 11) is 3.38. The van der Waals surface area contributed by atoms with Gasteiger partial charge < -0.3 is 9.30 Å². The van der Waals surface area contributed by atoms with Crippen LogP contribution in [0.2, 0.25) is 0 Å². The maximum Gasteiger partial charge on any atom is 0.359 e. The summed E-state index contributed by atoms with van der Waals surface area (Å²) in [5, 5.41) is 5.62. The van der Waals surface area contributed by atoms with Gasteiger partial charge in [0.1, 0.15) is 0 Å². The second-order valence-corrected chi connectivity index (χ2v) is 7.99. The first kappa shape index (κ1) is 21.3. The average molecular weight is 451 g/mol. The molecular weight excluding hydrogens is 430 g/mol. The SMILES string of the molecule is Cn1nc(C(=O)OCC(=O)c2c(-c3ccccc3)n(C)c3ccccc23)c2ccccc2c1=O. The third-order valence-electron chi connectivity index (χ3n) is 5.92. The summed E-state index contributed by atoms with van der Waals surface area (Å²) < 4.78 is 8.49. The number of aryl methyl sites for hydroxylation is 2. The monoisotopic (exact) mass is 451 g/mol. The van der Waals surface area contributed by atoms with E-state index in [2.05, 4.69) is 5.10 Å². The third-order valence-corrected chi connectivity index (χ3v) is 5.92. The van der Waals surface area contributed by atoms with Gasteiger partial charge in [-0.25, -0.2) is 9.48 Å². The van der Waals surface area contributed by atoms with Gasteiger partial charge in [-0.2, -0.15) is 5.10 Å². The molecule has 0 aliphatic heterocycles. The standard InChI is InChI=1S/C27H21N3O4/c1-29-21-15-9-8-14-20(21)23(25(29)17-10-4-3-5-11-17)22(31)16-34-27(33)24-18-12-6-7-13-19(18)26(32)30(2)28-24/h3-15H,16H2,1-2H3. The molecule has 0 atom stereocenters. The van der Waals surface area contributed by atoms with Crippen molar-refractivity contribution in [3.8, 4) is 11.3 Å². The molecule has 0 spiro atoms. The van der Waals surface area contributed by atoms with E-state index in [0.29, 0.717) is 16.3 Å². The zero-order valence-electron chi connectivity index (χ0n) is 18.7. The second kappa shape index (κ2) is 8.44. The predicted octanol–water partition coefficient (Wildman–Crippen LogP) is 4.13. The molecule has 2 aromatic heterocycles. The van der Waals surface area contributed by atoms with Gasteiger partial charge >= 0.3 is 5.97 Å². The molecule has 0 unspecified atom stereocenters. The fourth-order valence-electron chi connectivity index (χ4n) is 4.33. The molecule has 34 heavy (non-hydrogen) atoms. The van der Waals surface area contributed by atoms with E-state index in [1.54, 1.807) is 24.3 Å². The molecule has 0 amide bonds. The Bertz CT molecular complexity index is 1630. The Morgan fingerprint density at radius 1 is 0.824 bits per heavy atom. The first-order valence-electron chi connectivity index (χ1n) is 10.8. The number of para-hydroxylation sites is 1. The Hall–Kier alpha value is -4.52. The van der Waals surface area contributed by atoms with E-state index in [0.717, 1.165) is 26.8 Å². The highest BCUT2D eigenvalue weighted by atomic mass is 16.5. The zero-order valence-corrected chi connectivity index (χ0v) is 18.7. The van der Waals surface area contributed by atoms with Crippen molar-refractivity contribution >= 4 is 33.4 Å². The van der Waals surface area contributed by atoms with E-state index in [4.69, 9.17) is 4.74 Å². The van der Waals surface area contributed by atoms with Crippen LogP contribution in [-0.4, -0.2) is 32.7 Å². The van der Waals surface area contributed by atoms with Crippen LogP contribution >= 0.6 is 0 Å². The number of ether oxygens (including phenoxy) is 1. The lowest BCUT2D eigenvalue weighted by molar-refractivity contribution is 0.0469. The van der Waals surface area contributed by atoms with Crippen molar-refractivity contribution in [1.29, 1.82) is 0 Å². The van der Waals surface area contributed by atoms with Crippen LogP contribution in [0.3, 0.4) is 0 Å². The Morgan fingerprint density at radius 2 is 1.44 bits per heavy atom. The first-order chi connectivity index (χ1) is 16.5. The highest BCUT2D eigenvalue weighted by Gasteiger charge is 2.24. The molecule has 2 heterocycles. The largest absolute Gasteiger partial charge is 0.452 e. The van der Waals surface area contributed by atoms with E-state index < -0.39 is 12.6 Å². The van der Waals surface area contributed by atoms with Crippen LogP contribution < -0.4 is 5.56 Å². The molecule has 3 aromatic carbocycles. The number of fused-ring (bicyclic) bond motifs is 2. The van der Waals surface area contributed by atoms with Crippen LogP contribution in [0.4, 0.5) is 0 Å². The number of aromatic nitrogens is 3. The number of hydrogen-bond acceptors (Lipinski definition) is 5. The molecule has 0 saturated carbocycles. The second-order valence-electron chi connectivity index (χ2n) is 7.99. The molecule has 0 N–H and O–H groups in total. The van der Waals surface area contributed by atoms with Crippen LogP contribution in [0.5, 0.6) is 0 Å². The van der Waals surface area contributed by atoms with Crippen molar-refractivity contribution in [3.63, 3.8) is 0 Å². The maximum absolute atomic E-state index is 13.4. The summed E-state index contributed by atoms with van der Waals surface area (Å²) in [6, 6.07) is 24.0. The van der Waals surface area contributed by atoms with E-state index in [9.17, 15) is 14.4 Å². The number of ketones is 1. The summed E-state index contributed by atoms with van der Waals surface area (Å²) in [5.41, 5.74) is 2.73. The van der Waals surface area contributed by atoms with Crippen molar-refractivity contribution in [1.82, 2.24) is 14.3 Å². The van der Waals surface area contributed by atoms with Gasteiger partial charge in [0, 0.05) is 30.4 Å². The Morgan fingerprint density at radius 3 is 2.18 bits per heavy atom. The Labute approximate surface area is 194 Å². The number of nitrogens with zero attached hydrogens (tertiary/aromatic N) is 3. The summed E-state index contributed by atoms with van der Waals surface area (Å²) in [6.07, 6.45) is 0. The lowest BCUT2D eigenvalue weighted by Crippen LogP contribution is -2.24. The van der Waals surface area contributed by atoms with Crippen LogP contribution in [0.1, 0.15) is 20.8 Å². The van der Waals surface area contributed by atoms with E-state index in [1.165, 1.54) is 7.05 Å². The molecule has 0 bridgehead atoms. The van der Waals surface area contributed by atoms with Gasteiger partial charge in [-0.05, 0) is 17.7 Å². The summed E-state index contributed by atoms with van der Waals surface area (Å²) in [5.74, 6) is -1.08.